The van der Waals surface area contributed by atoms with Gasteiger partial charge in [0.2, 0.25) is 5.28 Å². The second kappa shape index (κ2) is 24.5. The van der Waals surface area contributed by atoms with Crippen LogP contribution in [-0.2, 0) is 12.4 Å². The van der Waals surface area contributed by atoms with Crippen molar-refractivity contribution < 1.29 is 14.6 Å². The molecule has 1 heterocycles. The fourth-order valence-electron chi connectivity index (χ4n) is 5.01. The topological polar surface area (TPSA) is 139 Å². The molecule has 50 heavy (non-hydrogen) atoms. The number of unbranched alkanes of at least 4 members (excludes halogenated alkanes) is 1. The van der Waals surface area contributed by atoms with Crippen LogP contribution in [0.5, 0.6) is 23.0 Å². The van der Waals surface area contributed by atoms with E-state index in [1.54, 1.807) is 13.2 Å². The molecule has 7 N–H and O–H groups in total. The maximum Gasteiger partial charge on any atom is 0.224 e. The van der Waals surface area contributed by atoms with Gasteiger partial charge < -0.3 is 41.6 Å². The van der Waals surface area contributed by atoms with E-state index in [0.29, 0.717) is 17.3 Å². The van der Waals surface area contributed by atoms with Gasteiger partial charge in [0.15, 0.2) is 11.5 Å². The smallest absolute Gasteiger partial charge is 0.224 e. The third-order valence-electron chi connectivity index (χ3n) is 7.65. The first kappa shape index (κ1) is 40.8. The summed E-state index contributed by atoms with van der Waals surface area (Å²) in [6, 6.07) is 25.0. The van der Waals surface area contributed by atoms with Crippen molar-refractivity contribution in [3.05, 3.63) is 101 Å². The Hall–Kier alpha value is -3.64. The summed E-state index contributed by atoms with van der Waals surface area (Å²) in [6.07, 6.45) is 5.44. The molecule has 0 bridgehead atoms. The van der Waals surface area contributed by atoms with E-state index in [1.807, 2.05) is 66.7 Å². The van der Waals surface area contributed by atoms with Crippen molar-refractivity contribution in [1.29, 1.82) is 0 Å². The van der Waals surface area contributed by atoms with E-state index in [1.165, 1.54) is 12.8 Å². The minimum absolute atomic E-state index is 0.0588. The molecular weight excluding hydrogens is 673 g/mol. The van der Waals surface area contributed by atoms with Crippen LogP contribution in [0.1, 0.15) is 61.9 Å². The molecule has 0 saturated carbocycles. The molecule has 1 atom stereocenters. The molecule has 0 fully saturated rings. The van der Waals surface area contributed by atoms with Crippen LogP contribution < -0.4 is 36.5 Å². The van der Waals surface area contributed by atoms with Gasteiger partial charge in [-0.1, -0.05) is 43.3 Å². The number of para-hydroxylation sites is 1. The number of rotatable bonds is 22. The predicted octanol–water partition coefficient (Wildman–Crippen LogP) is 7.41. The van der Waals surface area contributed by atoms with Crippen LogP contribution in [0.3, 0.4) is 0 Å². The number of anilines is 1. The second-order valence-electron chi connectivity index (χ2n) is 11.6. The van der Waals surface area contributed by atoms with Gasteiger partial charge in [0.25, 0.3) is 0 Å². The van der Waals surface area contributed by atoms with Crippen molar-refractivity contribution in [2.45, 2.75) is 57.5 Å². The van der Waals surface area contributed by atoms with Crippen LogP contribution in [0.4, 0.5) is 5.82 Å². The van der Waals surface area contributed by atoms with Gasteiger partial charge in [-0.2, -0.15) is 0 Å². The zero-order valence-electron chi connectivity index (χ0n) is 29.3. The van der Waals surface area contributed by atoms with Crippen molar-refractivity contribution >= 4 is 29.0 Å². The highest BCUT2D eigenvalue weighted by atomic mass is 35.5. The molecule has 0 amide bonds. The average Bonchev–Trinajstić information content (AvgIpc) is 3.13. The predicted molar refractivity (Wildman–Crippen MR) is 206 cm³/mol. The highest BCUT2D eigenvalue weighted by Crippen LogP contribution is 2.28. The molecule has 4 aromatic rings. The Morgan fingerprint density at radius 2 is 1.50 bits per heavy atom. The Bertz CT molecular complexity index is 1500. The molecule has 0 aliphatic heterocycles. The summed E-state index contributed by atoms with van der Waals surface area (Å²) in [5.74, 6) is 3.24. The van der Waals surface area contributed by atoms with Crippen molar-refractivity contribution in [2.24, 2.45) is 5.73 Å². The first-order chi connectivity index (χ1) is 24.4. The molecule has 4 rings (SSSR count). The van der Waals surface area contributed by atoms with Gasteiger partial charge in [0, 0.05) is 12.6 Å². The lowest BCUT2D eigenvalue weighted by Crippen LogP contribution is -2.24. The number of nitrogens with two attached hydrogens (primary N) is 1. The molecule has 12 heteroatoms. The quantitative estimate of drug-likeness (QED) is 0.0276. The highest BCUT2D eigenvalue weighted by molar-refractivity contribution is 6.28. The third-order valence-corrected chi connectivity index (χ3v) is 8.10. The van der Waals surface area contributed by atoms with Gasteiger partial charge in [0.1, 0.15) is 17.3 Å². The molecule has 0 spiro atoms. The molecule has 0 aliphatic rings. The van der Waals surface area contributed by atoms with E-state index < -0.39 is 0 Å². The summed E-state index contributed by atoms with van der Waals surface area (Å²) < 4.78 is 11.0. The van der Waals surface area contributed by atoms with Crippen LogP contribution in [-0.4, -0.2) is 61.5 Å². The zero-order valence-corrected chi connectivity index (χ0v) is 30.8. The van der Waals surface area contributed by atoms with Gasteiger partial charge in [0.05, 0.1) is 24.7 Å². The number of ether oxygens (including phenoxy) is 2. The van der Waals surface area contributed by atoms with Gasteiger partial charge >= 0.3 is 0 Å². The van der Waals surface area contributed by atoms with E-state index in [9.17, 15) is 5.11 Å². The molecule has 1 unspecified atom stereocenters. The highest BCUT2D eigenvalue weighted by Gasteiger charge is 2.13. The summed E-state index contributed by atoms with van der Waals surface area (Å²) in [5.41, 5.74) is 8.34. The Morgan fingerprint density at radius 3 is 2.20 bits per heavy atom. The molecule has 272 valence electrons. The number of nitrogens with one attached hydrogen (secondary N) is 4. The molecule has 1 aromatic heterocycles. The molecule has 0 saturated heterocycles. The first-order valence-corrected chi connectivity index (χ1v) is 18.2. The normalized spacial score (nSPS) is 11.4. The molecule has 10 nitrogen and oxygen atoms in total. The summed E-state index contributed by atoms with van der Waals surface area (Å²) >= 11 is 11.8. The van der Waals surface area contributed by atoms with Crippen LogP contribution in [0, 0.1) is 0 Å². The Kier molecular flexibility index (Phi) is 20.0. The standard InChI is InChI=1S/C20H19Cl2N3O.C18H34N4O2/c1-2-18(24-19-12-15(13-21)23-20(22)25-19)14-7-6-10-17(11-14)26-16-8-4-3-5-9-16;1-24-18-14-16(6-7-17(18)23)15-22-13-5-12-21-10-3-2-9-20-11-4-8-19/h3-12,18H,2,13H2,1H3,(H,23,24,25);6-7,14,20-23H,2-5,8-13,15,19H2,1H3. The van der Waals surface area contributed by atoms with Gasteiger partial charge in [-0.25, -0.2) is 9.97 Å². The lowest BCUT2D eigenvalue weighted by atomic mass is 10.0. The van der Waals surface area contributed by atoms with Gasteiger partial charge in [-0.15, -0.1) is 11.6 Å². The van der Waals surface area contributed by atoms with E-state index in [0.717, 1.165) is 87.7 Å². The number of phenolic OH excluding ortho intramolecular Hbond substituents is 1. The number of halogens is 2. The number of methoxy groups -OCH3 is 1. The van der Waals surface area contributed by atoms with Crippen LogP contribution >= 0.6 is 23.2 Å². The van der Waals surface area contributed by atoms with Gasteiger partial charge in [-0.05, 0) is 130 Å². The zero-order chi connectivity index (χ0) is 35.8. The van der Waals surface area contributed by atoms with E-state index >= 15 is 0 Å². The minimum atomic E-state index is 0.0588. The fourth-order valence-corrected chi connectivity index (χ4v) is 5.34. The lowest BCUT2D eigenvalue weighted by Gasteiger charge is -2.19. The van der Waals surface area contributed by atoms with Crippen molar-refractivity contribution in [3.63, 3.8) is 0 Å². The summed E-state index contributed by atoms with van der Waals surface area (Å²) in [6.45, 7) is 8.85. The molecular formula is C38H53Cl2N7O3. The molecule has 0 aliphatic carbocycles. The van der Waals surface area contributed by atoms with Crippen LogP contribution in [0.15, 0.2) is 78.9 Å². The summed E-state index contributed by atoms with van der Waals surface area (Å²) in [7, 11) is 1.56. The van der Waals surface area contributed by atoms with Crippen molar-refractivity contribution in [2.75, 3.05) is 51.7 Å². The van der Waals surface area contributed by atoms with Gasteiger partial charge in [-0.3, -0.25) is 0 Å². The average molecular weight is 727 g/mol. The van der Waals surface area contributed by atoms with Crippen LogP contribution in [0.25, 0.3) is 0 Å². The minimum Gasteiger partial charge on any atom is -0.504 e. The molecule has 3 aromatic carbocycles. The maximum absolute atomic E-state index is 9.56. The van der Waals surface area contributed by atoms with Crippen molar-refractivity contribution in [1.82, 2.24) is 25.9 Å². The number of benzene rings is 3. The molecule has 0 radical (unpaired) electrons. The third kappa shape index (κ3) is 15.9. The summed E-state index contributed by atoms with van der Waals surface area (Å²) in [5, 5.41) is 23.4. The first-order valence-electron chi connectivity index (χ1n) is 17.3. The number of aromatic hydroxyl groups is 1. The Morgan fingerprint density at radius 1 is 0.800 bits per heavy atom. The van der Waals surface area contributed by atoms with Crippen molar-refractivity contribution in [3.8, 4) is 23.0 Å². The largest absolute Gasteiger partial charge is 0.504 e. The second-order valence-corrected chi connectivity index (χ2v) is 12.2. The van der Waals surface area contributed by atoms with E-state index in [-0.39, 0.29) is 23.0 Å². The Balaban J connectivity index is 0.000000272. The Labute approximate surface area is 307 Å². The van der Waals surface area contributed by atoms with E-state index in [2.05, 4.69) is 44.2 Å². The number of nitrogens with zero attached hydrogens (tertiary/aromatic N) is 2. The maximum atomic E-state index is 9.56. The fraction of sp³-hybridized carbons (Fsp3) is 0.421. The summed E-state index contributed by atoms with van der Waals surface area (Å²) in [4.78, 5) is 8.32. The lowest BCUT2D eigenvalue weighted by molar-refractivity contribution is 0.373. The monoisotopic (exact) mass is 725 g/mol. The SMILES string of the molecule is CCC(Nc1cc(CCl)nc(Cl)n1)c1cccc(Oc2ccccc2)c1.COc1cc(CNCCCNCCCCNCCCN)ccc1O. The number of aromatic nitrogens is 2. The number of hydrogen-bond acceptors (Lipinski definition) is 10. The van der Waals surface area contributed by atoms with Crippen LogP contribution in [0.2, 0.25) is 5.28 Å². The number of alkyl halides is 1. The number of hydrogen-bond donors (Lipinski definition) is 6. The number of phenols is 1. The van der Waals surface area contributed by atoms with E-state index in [4.69, 9.17) is 38.4 Å².